The highest BCUT2D eigenvalue weighted by molar-refractivity contribution is 7.98. The van der Waals surface area contributed by atoms with Crippen LogP contribution in [0.3, 0.4) is 0 Å². The standard InChI is InChI=1S/C15H15N3OS/c1-2-19-12-5-6-13-14(8-12)18-15(17-13)20-10-11-4-3-7-16-9-11/h3-9H,2,10H2,1H3,(H,17,18). The molecule has 0 bridgehead atoms. The van der Waals surface area contributed by atoms with Gasteiger partial charge in [0.2, 0.25) is 0 Å². The van der Waals surface area contributed by atoms with Gasteiger partial charge in [-0.05, 0) is 30.7 Å². The van der Waals surface area contributed by atoms with Crippen LogP contribution < -0.4 is 4.74 Å². The number of fused-ring (bicyclic) bond motifs is 1. The molecule has 3 rings (SSSR count). The normalized spacial score (nSPS) is 10.8. The summed E-state index contributed by atoms with van der Waals surface area (Å²) >= 11 is 1.67. The van der Waals surface area contributed by atoms with Gasteiger partial charge in [0.25, 0.3) is 0 Å². The van der Waals surface area contributed by atoms with Gasteiger partial charge in [-0.2, -0.15) is 0 Å². The molecule has 5 heteroatoms. The van der Waals surface area contributed by atoms with Crippen LogP contribution in [0.2, 0.25) is 0 Å². The van der Waals surface area contributed by atoms with Crippen molar-refractivity contribution in [2.24, 2.45) is 0 Å². The monoisotopic (exact) mass is 285 g/mol. The highest BCUT2D eigenvalue weighted by Crippen LogP contribution is 2.25. The first-order valence-electron chi connectivity index (χ1n) is 6.49. The molecule has 0 radical (unpaired) electrons. The van der Waals surface area contributed by atoms with Crippen LogP contribution >= 0.6 is 11.8 Å². The van der Waals surface area contributed by atoms with Crippen LogP contribution in [0.1, 0.15) is 12.5 Å². The van der Waals surface area contributed by atoms with E-state index in [9.17, 15) is 0 Å². The summed E-state index contributed by atoms with van der Waals surface area (Å²) in [5.74, 6) is 1.72. The zero-order valence-corrected chi connectivity index (χ0v) is 12.0. The lowest BCUT2D eigenvalue weighted by Gasteiger charge is -2.00. The molecule has 102 valence electrons. The molecule has 2 aromatic heterocycles. The molecule has 0 aliphatic rings. The molecule has 0 aliphatic carbocycles. The number of hydrogen-bond donors (Lipinski definition) is 1. The molecule has 0 fully saturated rings. The van der Waals surface area contributed by atoms with Gasteiger partial charge in [-0.3, -0.25) is 4.98 Å². The maximum absolute atomic E-state index is 5.49. The molecule has 3 aromatic rings. The molecule has 20 heavy (non-hydrogen) atoms. The predicted molar refractivity (Wildman–Crippen MR) is 81.1 cm³/mol. The van der Waals surface area contributed by atoms with Crippen molar-refractivity contribution < 1.29 is 4.74 Å². The van der Waals surface area contributed by atoms with Crippen LogP contribution in [-0.2, 0) is 5.75 Å². The third-order valence-electron chi connectivity index (χ3n) is 2.84. The number of H-pyrrole nitrogens is 1. The summed E-state index contributed by atoms with van der Waals surface area (Å²) in [4.78, 5) is 12.0. The summed E-state index contributed by atoms with van der Waals surface area (Å²) in [6, 6.07) is 9.92. The fourth-order valence-corrected chi connectivity index (χ4v) is 2.74. The Morgan fingerprint density at radius 3 is 3.05 bits per heavy atom. The second-order valence-electron chi connectivity index (χ2n) is 4.30. The average Bonchev–Trinajstić information content (AvgIpc) is 2.89. The van der Waals surface area contributed by atoms with Gasteiger partial charge in [0.05, 0.1) is 17.6 Å². The van der Waals surface area contributed by atoms with Gasteiger partial charge in [0.15, 0.2) is 5.16 Å². The van der Waals surface area contributed by atoms with E-state index in [4.69, 9.17) is 4.74 Å². The Morgan fingerprint density at radius 2 is 2.25 bits per heavy atom. The van der Waals surface area contributed by atoms with Crippen molar-refractivity contribution in [1.82, 2.24) is 15.0 Å². The first kappa shape index (κ1) is 13.0. The minimum absolute atomic E-state index is 0.669. The minimum atomic E-state index is 0.669. The number of rotatable bonds is 5. The van der Waals surface area contributed by atoms with Crippen LogP contribution in [-0.4, -0.2) is 21.6 Å². The molecule has 1 aromatic carbocycles. The van der Waals surface area contributed by atoms with Crippen LogP contribution in [0.5, 0.6) is 5.75 Å². The lowest BCUT2D eigenvalue weighted by Crippen LogP contribution is -1.90. The number of benzene rings is 1. The first-order valence-corrected chi connectivity index (χ1v) is 7.48. The number of aromatic amines is 1. The number of hydrogen-bond acceptors (Lipinski definition) is 4. The molecule has 0 atom stereocenters. The number of ether oxygens (including phenoxy) is 1. The van der Waals surface area contributed by atoms with Crippen LogP contribution in [0, 0.1) is 0 Å². The van der Waals surface area contributed by atoms with Gasteiger partial charge < -0.3 is 9.72 Å². The number of pyridine rings is 1. The number of aromatic nitrogens is 3. The van der Waals surface area contributed by atoms with Crippen molar-refractivity contribution in [3.8, 4) is 5.75 Å². The van der Waals surface area contributed by atoms with Crippen molar-refractivity contribution >= 4 is 22.8 Å². The van der Waals surface area contributed by atoms with Crippen molar-refractivity contribution in [3.05, 3.63) is 48.3 Å². The van der Waals surface area contributed by atoms with E-state index in [1.807, 2.05) is 37.4 Å². The van der Waals surface area contributed by atoms with Crippen molar-refractivity contribution in [3.63, 3.8) is 0 Å². The van der Waals surface area contributed by atoms with E-state index in [1.54, 1.807) is 18.0 Å². The number of nitrogens with one attached hydrogen (secondary N) is 1. The highest BCUT2D eigenvalue weighted by atomic mass is 32.2. The molecule has 0 amide bonds. The number of nitrogens with zero attached hydrogens (tertiary/aromatic N) is 2. The van der Waals surface area contributed by atoms with Crippen LogP contribution in [0.15, 0.2) is 47.9 Å². The van der Waals surface area contributed by atoms with Gasteiger partial charge >= 0.3 is 0 Å². The third-order valence-corrected chi connectivity index (χ3v) is 3.79. The average molecular weight is 285 g/mol. The second kappa shape index (κ2) is 5.96. The molecule has 1 N–H and O–H groups in total. The van der Waals surface area contributed by atoms with Crippen molar-refractivity contribution in [1.29, 1.82) is 0 Å². The third kappa shape index (κ3) is 2.93. The predicted octanol–water partition coefficient (Wildman–Crippen LogP) is 3.65. The van der Waals surface area contributed by atoms with Gasteiger partial charge in [-0.25, -0.2) is 4.98 Å². The van der Waals surface area contributed by atoms with E-state index in [0.717, 1.165) is 27.7 Å². The Kier molecular flexibility index (Phi) is 3.87. The molecule has 2 heterocycles. The van der Waals surface area contributed by atoms with E-state index >= 15 is 0 Å². The fraction of sp³-hybridized carbons (Fsp3) is 0.200. The van der Waals surface area contributed by atoms with Crippen LogP contribution in [0.25, 0.3) is 11.0 Å². The molecular formula is C15H15N3OS. The molecule has 0 saturated heterocycles. The lowest BCUT2D eigenvalue weighted by atomic mass is 10.3. The highest BCUT2D eigenvalue weighted by Gasteiger charge is 2.05. The zero-order chi connectivity index (χ0) is 13.8. The first-order chi connectivity index (χ1) is 9.85. The van der Waals surface area contributed by atoms with Gasteiger partial charge in [0.1, 0.15) is 5.75 Å². The SMILES string of the molecule is CCOc1ccc2nc(SCc3cccnc3)[nH]c2c1. The summed E-state index contributed by atoms with van der Waals surface area (Å²) < 4.78 is 5.49. The largest absolute Gasteiger partial charge is 0.494 e. The summed E-state index contributed by atoms with van der Waals surface area (Å²) in [6.07, 6.45) is 3.66. The molecule has 0 aliphatic heterocycles. The summed E-state index contributed by atoms with van der Waals surface area (Å²) in [5, 5.41) is 0.914. The summed E-state index contributed by atoms with van der Waals surface area (Å²) in [5.41, 5.74) is 3.15. The Morgan fingerprint density at radius 1 is 1.30 bits per heavy atom. The Bertz CT molecular complexity index is 697. The van der Waals surface area contributed by atoms with E-state index in [0.29, 0.717) is 6.61 Å². The van der Waals surface area contributed by atoms with E-state index in [-0.39, 0.29) is 0 Å². The Hall–Kier alpha value is -2.01. The molecule has 0 unspecified atom stereocenters. The van der Waals surface area contributed by atoms with E-state index in [2.05, 4.69) is 21.0 Å². The second-order valence-corrected chi connectivity index (χ2v) is 5.27. The Labute approximate surface area is 121 Å². The maximum atomic E-state index is 5.49. The quantitative estimate of drug-likeness (QED) is 0.727. The molecule has 4 nitrogen and oxygen atoms in total. The van der Waals surface area contributed by atoms with Gasteiger partial charge in [-0.1, -0.05) is 17.8 Å². The number of imidazole rings is 1. The molecule has 0 saturated carbocycles. The minimum Gasteiger partial charge on any atom is -0.494 e. The van der Waals surface area contributed by atoms with Gasteiger partial charge in [0, 0.05) is 24.2 Å². The fourth-order valence-electron chi connectivity index (χ4n) is 1.93. The van der Waals surface area contributed by atoms with Crippen LogP contribution in [0.4, 0.5) is 0 Å². The number of thioether (sulfide) groups is 1. The molecular weight excluding hydrogens is 270 g/mol. The lowest BCUT2D eigenvalue weighted by molar-refractivity contribution is 0.340. The summed E-state index contributed by atoms with van der Waals surface area (Å²) in [6.45, 7) is 2.65. The van der Waals surface area contributed by atoms with Gasteiger partial charge in [-0.15, -0.1) is 0 Å². The summed E-state index contributed by atoms with van der Waals surface area (Å²) in [7, 11) is 0. The smallest absolute Gasteiger partial charge is 0.166 e. The zero-order valence-electron chi connectivity index (χ0n) is 11.2. The topological polar surface area (TPSA) is 50.8 Å². The van der Waals surface area contributed by atoms with Crippen molar-refractivity contribution in [2.45, 2.75) is 17.8 Å². The van der Waals surface area contributed by atoms with E-state index in [1.165, 1.54) is 5.56 Å². The van der Waals surface area contributed by atoms with E-state index < -0.39 is 0 Å². The maximum Gasteiger partial charge on any atom is 0.166 e. The van der Waals surface area contributed by atoms with Crippen molar-refractivity contribution in [2.75, 3.05) is 6.61 Å². The molecule has 0 spiro atoms. The Balaban J connectivity index is 1.75.